The topological polar surface area (TPSA) is 138 Å². The molecule has 0 spiro atoms. The molecular weight excluding hydrogens is 454 g/mol. The molecule has 3 rings (SSSR count). The Kier molecular flexibility index (Phi) is 7.15. The zero-order valence-corrected chi connectivity index (χ0v) is 19.4. The van der Waals surface area contributed by atoms with Crippen molar-refractivity contribution in [3.8, 4) is 17.1 Å². The summed E-state index contributed by atoms with van der Waals surface area (Å²) < 4.78 is 11.7. The molecule has 0 saturated carbocycles. The Labute approximate surface area is 192 Å². The molecule has 2 amide bonds. The fourth-order valence-electron chi connectivity index (χ4n) is 2.91. The first-order valence-corrected chi connectivity index (χ1v) is 11.0. The minimum absolute atomic E-state index is 0.0120. The van der Waals surface area contributed by atoms with Gasteiger partial charge in [0.25, 0.3) is 5.91 Å². The third-order valence-corrected chi connectivity index (χ3v) is 6.77. The molecule has 3 N–H and O–H groups in total. The number of ether oxygens (including phenoxy) is 2. The Hall–Kier alpha value is -3.38. The van der Waals surface area contributed by atoms with Gasteiger partial charge in [0.1, 0.15) is 10.8 Å². The van der Waals surface area contributed by atoms with E-state index in [9.17, 15) is 14.4 Å². The maximum atomic E-state index is 12.5. The van der Waals surface area contributed by atoms with E-state index in [1.165, 1.54) is 18.9 Å². The number of nitrogens with two attached hydrogens (primary N) is 1. The lowest BCUT2D eigenvalue weighted by molar-refractivity contribution is -0.113. The van der Waals surface area contributed by atoms with E-state index in [4.69, 9.17) is 15.2 Å². The number of hydrogen-bond donors (Lipinski definition) is 2. The lowest BCUT2D eigenvalue weighted by Gasteiger charge is -2.07. The molecule has 10 nitrogen and oxygen atoms in total. The van der Waals surface area contributed by atoms with Gasteiger partial charge in [-0.1, -0.05) is 11.8 Å². The van der Waals surface area contributed by atoms with Crippen LogP contribution < -0.4 is 15.8 Å². The standard InChI is InChI=1S/C20H21N5O5S2/c1-10-14(19(28)30-4)18(32-15(10)16(21)27)22-13(26)9-31-20-24-23-17(25(20)2)11-5-7-12(29-3)8-6-11/h5-8H,9H2,1-4H3,(H2,21,27)(H,22,26). The zero-order valence-electron chi connectivity index (χ0n) is 17.8. The number of benzene rings is 1. The molecule has 0 aliphatic rings. The molecule has 12 heteroatoms. The molecule has 168 valence electrons. The third-order valence-electron chi connectivity index (χ3n) is 4.53. The average Bonchev–Trinajstić information content (AvgIpc) is 3.31. The van der Waals surface area contributed by atoms with Gasteiger partial charge in [-0.2, -0.15) is 0 Å². The number of carbonyl (C=O) groups is 3. The van der Waals surface area contributed by atoms with Crippen LogP contribution in [0.25, 0.3) is 11.4 Å². The van der Waals surface area contributed by atoms with Crippen LogP contribution in [0.3, 0.4) is 0 Å². The number of anilines is 1. The molecule has 0 bridgehead atoms. The van der Waals surface area contributed by atoms with Gasteiger partial charge in [0, 0.05) is 12.6 Å². The minimum atomic E-state index is -0.683. The summed E-state index contributed by atoms with van der Waals surface area (Å²) in [7, 11) is 4.62. The molecule has 0 unspecified atom stereocenters. The summed E-state index contributed by atoms with van der Waals surface area (Å²) in [4.78, 5) is 36.5. The highest BCUT2D eigenvalue weighted by Crippen LogP contribution is 2.33. The SMILES string of the molecule is COC(=O)c1c(NC(=O)CSc2nnc(-c3ccc(OC)cc3)n2C)sc(C(N)=O)c1C. The summed E-state index contributed by atoms with van der Waals surface area (Å²) in [6.45, 7) is 1.58. The van der Waals surface area contributed by atoms with Gasteiger partial charge in [-0.15, -0.1) is 21.5 Å². The van der Waals surface area contributed by atoms with E-state index in [0.717, 1.165) is 22.6 Å². The number of carbonyl (C=O) groups excluding carboxylic acids is 3. The first-order chi connectivity index (χ1) is 15.3. The summed E-state index contributed by atoms with van der Waals surface area (Å²) in [5.74, 6) is -0.339. The number of thioether (sulfide) groups is 1. The van der Waals surface area contributed by atoms with E-state index in [1.54, 1.807) is 25.6 Å². The Bertz CT molecular complexity index is 1170. The summed E-state index contributed by atoms with van der Waals surface area (Å²) in [6.07, 6.45) is 0. The highest BCUT2D eigenvalue weighted by Gasteiger charge is 2.25. The van der Waals surface area contributed by atoms with Crippen molar-refractivity contribution in [2.24, 2.45) is 12.8 Å². The van der Waals surface area contributed by atoms with Crippen LogP contribution >= 0.6 is 23.1 Å². The van der Waals surface area contributed by atoms with Crippen molar-refractivity contribution in [3.05, 3.63) is 40.3 Å². The Balaban J connectivity index is 1.72. The van der Waals surface area contributed by atoms with Crippen molar-refractivity contribution >= 4 is 45.9 Å². The summed E-state index contributed by atoms with van der Waals surface area (Å²) in [5, 5.41) is 11.8. The van der Waals surface area contributed by atoms with Crippen LogP contribution in [0.5, 0.6) is 5.75 Å². The second-order valence-electron chi connectivity index (χ2n) is 6.55. The molecule has 0 atom stereocenters. The lowest BCUT2D eigenvalue weighted by Crippen LogP contribution is -2.16. The molecule has 0 radical (unpaired) electrons. The number of primary amides is 1. The fraction of sp³-hybridized carbons (Fsp3) is 0.250. The van der Waals surface area contributed by atoms with Crippen LogP contribution in [0.1, 0.15) is 25.6 Å². The van der Waals surface area contributed by atoms with Gasteiger partial charge >= 0.3 is 5.97 Å². The van der Waals surface area contributed by atoms with Crippen LogP contribution in [0.15, 0.2) is 29.4 Å². The van der Waals surface area contributed by atoms with Gasteiger partial charge in [0.2, 0.25) is 5.91 Å². The van der Waals surface area contributed by atoms with Crippen molar-refractivity contribution in [1.82, 2.24) is 14.8 Å². The second kappa shape index (κ2) is 9.83. The number of nitrogens with one attached hydrogen (secondary N) is 1. The smallest absolute Gasteiger partial charge is 0.341 e. The fourth-order valence-corrected chi connectivity index (χ4v) is 4.68. The number of amides is 2. The number of thiophene rings is 1. The second-order valence-corrected chi connectivity index (χ2v) is 8.51. The Morgan fingerprint density at radius 3 is 2.47 bits per heavy atom. The molecule has 2 aromatic heterocycles. The number of rotatable bonds is 8. The van der Waals surface area contributed by atoms with Gasteiger partial charge in [-0.05, 0) is 36.8 Å². The number of methoxy groups -OCH3 is 2. The van der Waals surface area contributed by atoms with E-state index in [1.807, 2.05) is 24.3 Å². The first-order valence-electron chi connectivity index (χ1n) is 9.24. The third kappa shape index (κ3) is 4.75. The maximum absolute atomic E-state index is 12.5. The van der Waals surface area contributed by atoms with Gasteiger partial charge in [-0.3, -0.25) is 9.59 Å². The van der Waals surface area contributed by atoms with Gasteiger partial charge in [0.05, 0.1) is 30.4 Å². The molecule has 32 heavy (non-hydrogen) atoms. The average molecular weight is 476 g/mol. The largest absolute Gasteiger partial charge is 0.497 e. The highest BCUT2D eigenvalue weighted by atomic mass is 32.2. The molecule has 0 aliphatic carbocycles. The summed E-state index contributed by atoms with van der Waals surface area (Å²) in [5.41, 5.74) is 6.71. The lowest BCUT2D eigenvalue weighted by atomic mass is 10.1. The zero-order chi connectivity index (χ0) is 23.4. The number of hydrogen-bond acceptors (Lipinski definition) is 9. The minimum Gasteiger partial charge on any atom is -0.497 e. The van der Waals surface area contributed by atoms with Crippen LogP contribution in [-0.2, 0) is 16.6 Å². The molecule has 0 saturated heterocycles. The maximum Gasteiger partial charge on any atom is 0.341 e. The van der Waals surface area contributed by atoms with E-state index in [-0.39, 0.29) is 27.1 Å². The number of aromatic nitrogens is 3. The van der Waals surface area contributed by atoms with E-state index in [0.29, 0.717) is 16.5 Å². The van der Waals surface area contributed by atoms with Crippen molar-refractivity contribution < 1.29 is 23.9 Å². The predicted octanol–water partition coefficient (Wildman–Crippen LogP) is 2.48. The van der Waals surface area contributed by atoms with E-state index >= 15 is 0 Å². The summed E-state index contributed by atoms with van der Waals surface area (Å²) >= 11 is 2.12. The first kappa shape index (κ1) is 23.3. The molecule has 2 heterocycles. The highest BCUT2D eigenvalue weighted by molar-refractivity contribution is 7.99. The van der Waals surface area contributed by atoms with Gasteiger partial charge in [-0.25, -0.2) is 4.79 Å². The monoisotopic (exact) mass is 475 g/mol. The van der Waals surface area contributed by atoms with Crippen molar-refractivity contribution in [2.75, 3.05) is 25.3 Å². The molecule has 0 aliphatic heterocycles. The van der Waals surface area contributed by atoms with Crippen LogP contribution in [0.4, 0.5) is 5.00 Å². The van der Waals surface area contributed by atoms with E-state index < -0.39 is 11.9 Å². The summed E-state index contributed by atoms with van der Waals surface area (Å²) in [6, 6.07) is 7.39. The van der Waals surface area contributed by atoms with Crippen LogP contribution in [-0.4, -0.2) is 52.5 Å². The van der Waals surface area contributed by atoms with Crippen molar-refractivity contribution in [3.63, 3.8) is 0 Å². The molecule has 0 fully saturated rings. The number of nitrogens with zero attached hydrogens (tertiary/aromatic N) is 3. The van der Waals surface area contributed by atoms with E-state index in [2.05, 4.69) is 15.5 Å². The van der Waals surface area contributed by atoms with Gasteiger partial charge < -0.3 is 25.1 Å². The quantitative estimate of drug-likeness (QED) is 0.374. The van der Waals surface area contributed by atoms with Crippen molar-refractivity contribution in [1.29, 1.82) is 0 Å². The Morgan fingerprint density at radius 1 is 1.19 bits per heavy atom. The molecule has 3 aromatic rings. The van der Waals surface area contributed by atoms with Crippen LogP contribution in [0.2, 0.25) is 0 Å². The number of esters is 1. The predicted molar refractivity (Wildman–Crippen MR) is 121 cm³/mol. The normalized spacial score (nSPS) is 10.6. The van der Waals surface area contributed by atoms with Gasteiger partial charge in [0.15, 0.2) is 11.0 Å². The molecule has 1 aromatic carbocycles. The van der Waals surface area contributed by atoms with Crippen LogP contribution in [0, 0.1) is 6.92 Å². The van der Waals surface area contributed by atoms with Crippen molar-refractivity contribution in [2.45, 2.75) is 12.1 Å². The Morgan fingerprint density at radius 2 is 1.88 bits per heavy atom. The molecular formula is C20H21N5O5S2.